The number of aryl methyl sites for hydroxylation is 1. The normalized spacial score (nSPS) is 11.0. The van der Waals surface area contributed by atoms with Crippen molar-refractivity contribution in [2.45, 2.75) is 26.7 Å². The number of hydrogen-bond donors (Lipinski definition) is 1. The smallest absolute Gasteiger partial charge is 0.161 e. The molecule has 0 fully saturated rings. The van der Waals surface area contributed by atoms with Gasteiger partial charge in [-0.2, -0.15) is 5.10 Å². The minimum Gasteiger partial charge on any atom is -0.488 e. The van der Waals surface area contributed by atoms with E-state index < -0.39 is 0 Å². The first-order valence-corrected chi connectivity index (χ1v) is 6.94. The van der Waals surface area contributed by atoms with Crippen LogP contribution in [0.1, 0.15) is 18.1 Å². The van der Waals surface area contributed by atoms with Crippen LogP contribution in [0.5, 0.6) is 5.75 Å². The summed E-state index contributed by atoms with van der Waals surface area (Å²) in [7, 11) is 0. The number of rotatable bonds is 5. The van der Waals surface area contributed by atoms with Gasteiger partial charge in [0.1, 0.15) is 12.4 Å². The summed E-state index contributed by atoms with van der Waals surface area (Å²) < 4.78 is 7.74. The molecule has 5 nitrogen and oxygen atoms in total. The van der Waals surface area contributed by atoms with Gasteiger partial charge in [0, 0.05) is 18.3 Å². The first-order valence-electron chi connectivity index (χ1n) is 6.94. The first kappa shape index (κ1) is 13.6. The predicted molar refractivity (Wildman–Crippen MR) is 79.9 cm³/mol. The summed E-state index contributed by atoms with van der Waals surface area (Å²) >= 11 is 0. The molecule has 0 aliphatic carbocycles. The Morgan fingerprint density at radius 2 is 2.00 bits per heavy atom. The summed E-state index contributed by atoms with van der Waals surface area (Å²) in [5.74, 6) is 0.658. The maximum atomic E-state index is 9.49. The van der Waals surface area contributed by atoms with Crippen molar-refractivity contribution in [2.24, 2.45) is 0 Å². The first-order chi connectivity index (χ1) is 10.3. The van der Waals surface area contributed by atoms with E-state index in [1.807, 2.05) is 41.9 Å². The molecule has 0 radical (unpaired) electrons. The summed E-state index contributed by atoms with van der Waals surface area (Å²) in [4.78, 5) is 4.36. The summed E-state index contributed by atoms with van der Waals surface area (Å²) in [5.41, 5.74) is 2.53. The molecule has 0 saturated heterocycles. The van der Waals surface area contributed by atoms with E-state index in [0.29, 0.717) is 17.9 Å². The van der Waals surface area contributed by atoms with Crippen molar-refractivity contribution in [1.82, 2.24) is 14.8 Å². The third-order valence-corrected chi connectivity index (χ3v) is 3.39. The molecule has 2 aromatic heterocycles. The molecule has 1 aromatic carbocycles. The molecule has 3 aromatic rings. The van der Waals surface area contributed by atoms with Crippen molar-refractivity contribution < 1.29 is 9.84 Å². The lowest BCUT2D eigenvalue weighted by Gasteiger charge is -2.11. The molecule has 0 saturated carbocycles. The van der Waals surface area contributed by atoms with Crippen molar-refractivity contribution in [1.29, 1.82) is 0 Å². The van der Waals surface area contributed by atoms with Gasteiger partial charge < -0.3 is 9.84 Å². The summed E-state index contributed by atoms with van der Waals surface area (Å²) in [6, 6.07) is 9.93. The number of aromatic nitrogens is 3. The van der Waals surface area contributed by atoms with Gasteiger partial charge >= 0.3 is 0 Å². The number of benzene rings is 1. The number of aliphatic hydroxyl groups excluding tert-OH is 1. The zero-order valence-corrected chi connectivity index (χ0v) is 11.9. The average Bonchev–Trinajstić information content (AvgIpc) is 2.96. The highest BCUT2D eigenvalue weighted by Gasteiger charge is 2.13. The molecule has 0 atom stereocenters. The fourth-order valence-electron chi connectivity index (χ4n) is 2.29. The van der Waals surface area contributed by atoms with Gasteiger partial charge in [-0.3, -0.25) is 0 Å². The number of pyridine rings is 1. The lowest BCUT2D eigenvalue weighted by atomic mass is 10.2. The second-order valence-corrected chi connectivity index (χ2v) is 4.74. The van der Waals surface area contributed by atoms with Crippen LogP contribution < -0.4 is 4.74 Å². The number of hydrogen-bond acceptors (Lipinski definition) is 4. The molecule has 0 aliphatic rings. The molecule has 0 aliphatic heterocycles. The maximum Gasteiger partial charge on any atom is 0.161 e. The Kier molecular flexibility index (Phi) is 3.83. The molecule has 3 rings (SSSR count). The predicted octanol–water partition coefficient (Wildman–Crippen LogP) is 2.52. The molecule has 0 amide bonds. The quantitative estimate of drug-likeness (QED) is 0.781. The SMILES string of the molecule is CCn1ncc2c(OCc3ccccc3)c(CO)cnc21. The van der Waals surface area contributed by atoms with Crippen LogP contribution in [-0.2, 0) is 19.8 Å². The topological polar surface area (TPSA) is 60.2 Å². The van der Waals surface area contributed by atoms with Crippen molar-refractivity contribution >= 4 is 11.0 Å². The molecule has 1 N–H and O–H groups in total. The highest BCUT2D eigenvalue weighted by atomic mass is 16.5. The van der Waals surface area contributed by atoms with Gasteiger partial charge in [0.15, 0.2) is 5.65 Å². The fraction of sp³-hybridized carbons (Fsp3) is 0.250. The van der Waals surface area contributed by atoms with Crippen LogP contribution in [0, 0.1) is 0 Å². The molecule has 0 bridgehead atoms. The van der Waals surface area contributed by atoms with Crippen LogP contribution in [-0.4, -0.2) is 19.9 Å². The van der Waals surface area contributed by atoms with E-state index in [4.69, 9.17) is 4.74 Å². The molecule has 0 unspecified atom stereocenters. The highest BCUT2D eigenvalue weighted by molar-refractivity contribution is 5.83. The average molecular weight is 283 g/mol. The van der Waals surface area contributed by atoms with Crippen LogP contribution in [0.3, 0.4) is 0 Å². The number of nitrogens with zero attached hydrogens (tertiary/aromatic N) is 3. The van der Waals surface area contributed by atoms with Gasteiger partial charge in [0.25, 0.3) is 0 Å². The van der Waals surface area contributed by atoms with E-state index >= 15 is 0 Å². The van der Waals surface area contributed by atoms with Crippen molar-refractivity contribution in [3.05, 3.63) is 53.9 Å². The Balaban J connectivity index is 1.97. The van der Waals surface area contributed by atoms with Crippen LogP contribution in [0.2, 0.25) is 0 Å². The number of ether oxygens (including phenoxy) is 1. The second kappa shape index (κ2) is 5.93. The van der Waals surface area contributed by atoms with E-state index in [9.17, 15) is 5.11 Å². The van der Waals surface area contributed by atoms with E-state index in [-0.39, 0.29) is 6.61 Å². The summed E-state index contributed by atoms with van der Waals surface area (Å²) in [6.07, 6.45) is 3.39. The van der Waals surface area contributed by atoms with Crippen molar-refractivity contribution in [3.63, 3.8) is 0 Å². The lowest BCUT2D eigenvalue weighted by Crippen LogP contribution is -2.02. The minimum atomic E-state index is -0.107. The van der Waals surface area contributed by atoms with Crippen LogP contribution in [0.15, 0.2) is 42.7 Å². The molecule has 0 spiro atoms. The van der Waals surface area contributed by atoms with Crippen LogP contribution >= 0.6 is 0 Å². The maximum absolute atomic E-state index is 9.49. The van der Waals surface area contributed by atoms with Gasteiger partial charge in [-0.1, -0.05) is 30.3 Å². The van der Waals surface area contributed by atoms with E-state index in [0.717, 1.165) is 23.1 Å². The Morgan fingerprint density at radius 1 is 1.19 bits per heavy atom. The Bertz CT molecular complexity index is 738. The largest absolute Gasteiger partial charge is 0.488 e. The van der Waals surface area contributed by atoms with Crippen molar-refractivity contribution in [3.8, 4) is 5.75 Å². The molecule has 21 heavy (non-hydrogen) atoms. The Labute approximate surface area is 122 Å². The van der Waals surface area contributed by atoms with Crippen molar-refractivity contribution in [2.75, 3.05) is 0 Å². The van der Waals surface area contributed by atoms with Gasteiger partial charge in [-0.05, 0) is 12.5 Å². The standard InChI is InChI=1S/C16H17N3O2/c1-2-19-16-14(9-18-19)15(13(10-20)8-17-16)21-11-12-6-4-3-5-7-12/h3-9,20H,2,10-11H2,1H3. The Morgan fingerprint density at radius 3 is 2.71 bits per heavy atom. The fourth-order valence-corrected chi connectivity index (χ4v) is 2.29. The molecular formula is C16H17N3O2. The molecule has 5 heteroatoms. The monoisotopic (exact) mass is 283 g/mol. The summed E-state index contributed by atoms with van der Waals surface area (Å²) in [6.45, 7) is 3.10. The second-order valence-electron chi connectivity index (χ2n) is 4.74. The van der Waals surface area contributed by atoms with E-state index in [1.54, 1.807) is 12.4 Å². The highest BCUT2D eigenvalue weighted by Crippen LogP contribution is 2.29. The van der Waals surface area contributed by atoms with E-state index in [1.165, 1.54) is 0 Å². The van der Waals surface area contributed by atoms with E-state index in [2.05, 4.69) is 10.1 Å². The zero-order chi connectivity index (χ0) is 14.7. The zero-order valence-electron chi connectivity index (χ0n) is 11.9. The third-order valence-electron chi connectivity index (χ3n) is 3.39. The molecular weight excluding hydrogens is 266 g/mol. The van der Waals surface area contributed by atoms with Gasteiger partial charge in [-0.15, -0.1) is 0 Å². The molecule has 108 valence electrons. The number of fused-ring (bicyclic) bond motifs is 1. The van der Waals surface area contributed by atoms with Crippen LogP contribution in [0.4, 0.5) is 0 Å². The van der Waals surface area contributed by atoms with Gasteiger partial charge in [0.05, 0.1) is 18.2 Å². The Hall–Kier alpha value is -2.40. The summed E-state index contributed by atoms with van der Waals surface area (Å²) in [5, 5.41) is 14.6. The third kappa shape index (κ3) is 2.60. The van der Waals surface area contributed by atoms with Crippen LogP contribution in [0.25, 0.3) is 11.0 Å². The lowest BCUT2D eigenvalue weighted by molar-refractivity contribution is 0.260. The minimum absolute atomic E-state index is 0.107. The van der Waals surface area contributed by atoms with Gasteiger partial charge in [-0.25, -0.2) is 9.67 Å². The van der Waals surface area contributed by atoms with Gasteiger partial charge in [0.2, 0.25) is 0 Å². The molecule has 2 heterocycles. The number of aliphatic hydroxyl groups is 1.